The van der Waals surface area contributed by atoms with Gasteiger partial charge >= 0.3 is 0 Å². The van der Waals surface area contributed by atoms with Crippen molar-refractivity contribution in [3.8, 4) is 11.5 Å². The lowest BCUT2D eigenvalue weighted by Crippen LogP contribution is -2.43. The summed E-state index contributed by atoms with van der Waals surface area (Å²) >= 11 is 0. The topological polar surface area (TPSA) is 56.8 Å². The quantitative estimate of drug-likeness (QED) is 0.832. The minimum Gasteiger partial charge on any atom is -0.497 e. The van der Waals surface area contributed by atoms with Crippen LogP contribution in [0.25, 0.3) is 0 Å². The van der Waals surface area contributed by atoms with E-state index in [2.05, 4.69) is 19.2 Å². The smallest absolute Gasteiger partial charge is 0.220 e. The molecule has 1 heterocycles. The van der Waals surface area contributed by atoms with Crippen molar-refractivity contribution in [2.45, 2.75) is 51.7 Å². The van der Waals surface area contributed by atoms with Gasteiger partial charge in [0.1, 0.15) is 11.5 Å². The van der Waals surface area contributed by atoms with Crippen molar-refractivity contribution in [1.82, 2.24) is 5.32 Å². The average Bonchev–Trinajstić information content (AvgIpc) is 2.59. The maximum absolute atomic E-state index is 12.3. The normalized spacial score (nSPS) is 20.7. The van der Waals surface area contributed by atoms with E-state index in [1.54, 1.807) is 14.2 Å². The van der Waals surface area contributed by atoms with Gasteiger partial charge in [0.15, 0.2) is 0 Å². The van der Waals surface area contributed by atoms with Crippen molar-refractivity contribution in [1.29, 1.82) is 0 Å². The number of carbonyl (C=O) groups excluding carboxylic acids is 1. The number of aryl methyl sites for hydroxylation is 1. The van der Waals surface area contributed by atoms with E-state index in [1.165, 1.54) is 0 Å². The molecule has 2 rings (SSSR count). The molecule has 1 aromatic rings. The van der Waals surface area contributed by atoms with Crippen molar-refractivity contribution in [2.24, 2.45) is 5.92 Å². The van der Waals surface area contributed by atoms with E-state index in [9.17, 15) is 4.79 Å². The standard InChI is InChI=1S/C19H29NO4/c1-13(2)18-11-15(7-8-24-18)20-19(21)6-5-14-9-16(22-3)12-17(10-14)23-4/h9-10,12-13,15,18H,5-8,11H2,1-4H3,(H,20,21)/t15-,18-/m0/s1. The molecule has 2 atom stereocenters. The summed E-state index contributed by atoms with van der Waals surface area (Å²) in [7, 11) is 3.25. The predicted molar refractivity (Wildman–Crippen MR) is 93.6 cm³/mol. The summed E-state index contributed by atoms with van der Waals surface area (Å²) in [6, 6.07) is 5.94. The summed E-state index contributed by atoms with van der Waals surface area (Å²) in [6.07, 6.45) is 3.15. The lowest BCUT2D eigenvalue weighted by molar-refractivity contribution is -0.123. The van der Waals surface area contributed by atoms with Gasteiger partial charge < -0.3 is 19.5 Å². The molecule has 1 aromatic carbocycles. The Kier molecular flexibility index (Phi) is 6.91. The van der Waals surface area contributed by atoms with Crippen LogP contribution in [0.5, 0.6) is 11.5 Å². The molecular weight excluding hydrogens is 306 g/mol. The van der Waals surface area contributed by atoms with Crippen molar-refractivity contribution >= 4 is 5.91 Å². The number of amides is 1. The summed E-state index contributed by atoms with van der Waals surface area (Å²) < 4.78 is 16.3. The summed E-state index contributed by atoms with van der Waals surface area (Å²) in [5.41, 5.74) is 1.04. The van der Waals surface area contributed by atoms with E-state index in [1.807, 2.05) is 18.2 Å². The highest BCUT2D eigenvalue weighted by Crippen LogP contribution is 2.23. The molecule has 1 amide bonds. The van der Waals surface area contributed by atoms with Crippen LogP contribution in [0.4, 0.5) is 0 Å². The van der Waals surface area contributed by atoms with Crippen LogP contribution in [-0.4, -0.2) is 38.9 Å². The first-order valence-corrected chi connectivity index (χ1v) is 8.64. The molecule has 1 N–H and O–H groups in total. The lowest BCUT2D eigenvalue weighted by atomic mass is 9.95. The van der Waals surface area contributed by atoms with E-state index in [4.69, 9.17) is 14.2 Å². The van der Waals surface area contributed by atoms with Crippen LogP contribution in [0.2, 0.25) is 0 Å². The van der Waals surface area contributed by atoms with E-state index < -0.39 is 0 Å². The molecule has 5 nitrogen and oxygen atoms in total. The van der Waals surface area contributed by atoms with Gasteiger partial charge in [-0.05, 0) is 42.9 Å². The molecule has 0 saturated carbocycles. The zero-order valence-corrected chi connectivity index (χ0v) is 15.1. The largest absolute Gasteiger partial charge is 0.497 e. The first-order chi connectivity index (χ1) is 11.5. The minimum atomic E-state index is 0.0891. The summed E-state index contributed by atoms with van der Waals surface area (Å²) in [5.74, 6) is 2.06. The van der Waals surface area contributed by atoms with Gasteiger partial charge in [-0.1, -0.05) is 13.8 Å². The molecule has 0 unspecified atom stereocenters. The first kappa shape index (κ1) is 18.6. The fraction of sp³-hybridized carbons (Fsp3) is 0.632. The number of benzene rings is 1. The zero-order valence-electron chi connectivity index (χ0n) is 15.1. The highest BCUT2D eigenvalue weighted by molar-refractivity contribution is 5.76. The Morgan fingerprint density at radius 2 is 1.92 bits per heavy atom. The first-order valence-electron chi connectivity index (χ1n) is 8.64. The van der Waals surface area contributed by atoms with E-state index in [0.717, 1.165) is 36.5 Å². The second kappa shape index (κ2) is 8.92. The van der Waals surface area contributed by atoms with Crippen LogP contribution in [0, 0.1) is 5.92 Å². The van der Waals surface area contributed by atoms with E-state index >= 15 is 0 Å². The Morgan fingerprint density at radius 3 is 2.50 bits per heavy atom. The van der Waals surface area contributed by atoms with Crippen LogP contribution in [-0.2, 0) is 16.0 Å². The van der Waals surface area contributed by atoms with Gasteiger partial charge in [0.25, 0.3) is 0 Å². The van der Waals surface area contributed by atoms with Gasteiger partial charge in [0.05, 0.1) is 20.3 Å². The molecule has 1 fully saturated rings. The maximum atomic E-state index is 12.3. The second-order valence-electron chi connectivity index (χ2n) is 6.66. The predicted octanol–water partition coefficient (Wildman–Crippen LogP) is 2.96. The molecule has 1 saturated heterocycles. The molecule has 134 valence electrons. The van der Waals surface area contributed by atoms with Crippen molar-refractivity contribution < 1.29 is 19.0 Å². The van der Waals surface area contributed by atoms with Crippen molar-refractivity contribution in [2.75, 3.05) is 20.8 Å². The van der Waals surface area contributed by atoms with E-state index in [0.29, 0.717) is 18.8 Å². The number of hydrogen-bond donors (Lipinski definition) is 1. The van der Waals surface area contributed by atoms with Gasteiger partial charge in [0.2, 0.25) is 5.91 Å². The third-order valence-corrected chi connectivity index (χ3v) is 4.48. The fourth-order valence-corrected chi connectivity index (χ4v) is 2.99. The van der Waals surface area contributed by atoms with Gasteiger partial charge in [0, 0.05) is 25.1 Å². The highest BCUT2D eigenvalue weighted by atomic mass is 16.5. The highest BCUT2D eigenvalue weighted by Gasteiger charge is 2.25. The zero-order chi connectivity index (χ0) is 17.5. The number of methoxy groups -OCH3 is 2. The van der Waals surface area contributed by atoms with Crippen molar-refractivity contribution in [3.05, 3.63) is 23.8 Å². The van der Waals surface area contributed by atoms with Gasteiger partial charge in [-0.2, -0.15) is 0 Å². The molecule has 24 heavy (non-hydrogen) atoms. The average molecular weight is 335 g/mol. The SMILES string of the molecule is COc1cc(CCC(=O)N[C@H]2CCO[C@H](C(C)C)C2)cc(OC)c1. The molecule has 5 heteroatoms. The van der Waals surface area contributed by atoms with E-state index in [-0.39, 0.29) is 18.1 Å². The Bertz CT molecular complexity index is 522. The minimum absolute atomic E-state index is 0.0891. The molecule has 0 aliphatic carbocycles. The van der Waals surface area contributed by atoms with Crippen LogP contribution >= 0.6 is 0 Å². The number of ether oxygens (including phenoxy) is 3. The third-order valence-electron chi connectivity index (χ3n) is 4.48. The summed E-state index contributed by atoms with van der Waals surface area (Å²) in [4.78, 5) is 12.3. The number of hydrogen-bond acceptors (Lipinski definition) is 4. The summed E-state index contributed by atoms with van der Waals surface area (Å²) in [5, 5.41) is 3.15. The maximum Gasteiger partial charge on any atom is 0.220 e. The summed E-state index contributed by atoms with van der Waals surface area (Å²) in [6.45, 7) is 5.04. The molecular formula is C19H29NO4. The van der Waals surface area contributed by atoms with Crippen LogP contribution in [0.1, 0.15) is 38.7 Å². The van der Waals surface area contributed by atoms with Crippen LogP contribution in [0.15, 0.2) is 18.2 Å². The third kappa shape index (κ3) is 5.41. The molecule has 0 radical (unpaired) electrons. The molecule has 0 bridgehead atoms. The van der Waals surface area contributed by atoms with Crippen LogP contribution in [0.3, 0.4) is 0 Å². The number of carbonyl (C=O) groups is 1. The molecule has 1 aliphatic rings. The number of rotatable bonds is 7. The Morgan fingerprint density at radius 1 is 1.25 bits per heavy atom. The Balaban J connectivity index is 1.85. The number of nitrogens with one attached hydrogen (secondary N) is 1. The van der Waals surface area contributed by atoms with Gasteiger partial charge in [-0.25, -0.2) is 0 Å². The second-order valence-corrected chi connectivity index (χ2v) is 6.66. The molecule has 0 aromatic heterocycles. The molecule has 0 spiro atoms. The monoisotopic (exact) mass is 335 g/mol. The Hall–Kier alpha value is -1.75. The molecule has 1 aliphatic heterocycles. The van der Waals surface area contributed by atoms with Crippen molar-refractivity contribution in [3.63, 3.8) is 0 Å². The van der Waals surface area contributed by atoms with Gasteiger partial charge in [-0.3, -0.25) is 4.79 Å². The van der Waals surface area contributed by atoms with Gasteiger partial charge in [-0.15, -0.1) is 0 Å². The fourth-order valence-electron chi connectivity index (χ4n) is 2.99. The lowest BCUT2D eigenvalue weighted by Gasteiger charge is -2.32. The van der Waals surface area contributed by atoms with Crippen LogP contribution < -0.4 is 14.8 Å². The Labute approximate surface area is 144 Å².